The van der Waals surface area contributed by atoms with Gasteiger partial charge in [0.2, 0.25) is 0 Å². The van der Waals surface area contributed by atoms with E-state index in [0.29, 0.717) is 18.1 Å². The molecule has 1 rings (SSSR count). The van der Waals surface area contributed by atoms with Crippen LogP contribution >= 0.6 is 11.6 Å². The molecule has 0 saturated heterocycles. The summed E-state index contributed by atoms with van der Waals surface area (Å²) in [6.45, 7) is 5.92. The minimum absolute atomic E-state index is 0.207. The molecule has 0 aliphatic rings. The van der Waals surface area contributed by atoms with Crippen molar-refractivity contribution >= 4 is 17.4 Å². The van der Waals surface area contributed by atoms with Crippen molar-refractivity contribution in [3.63, 3.8) is 0 Å². The van der Waals surface area contributed by atoms with E-state index in [1.807, 2.05) is 6.92 Å². The van der Waals surface area contributed by atoms with E-state index >= 15 is 0 Å². The molecule has 0 spiro atoms. The van der Waals surface area contributed by atoms with E-state index in [2.05, 4.69) is 11.6 Å². The third-order valence-electron chi connectivity index (χ3n) is 1.39. The molecule has 4 heteroatoms. The highest BCUT2D eigenvalue weighted by atomic mass is 35.5. The smallest absolute Gasteiger partial charge is 0.143 e. The number of hydrogen-bond acceptors (Lipinski definition) is 2. The van der Waals surface area contributed by atoms with Crippen molar-refractivity contribution < 1.29 is 9.13 Å². The highest BCUT2D eigenvalue weighted by molar-refractivity contribution is 6.32. The summed E-state index contributed by atoms with van der Waals surface area (Å²) < 4.78 is 17.7. The molecular formula is C9H9ClFNO. The second kappa shape index (κ2) is 4.23. The minimum Gasteiger partial charge on any atom is -0.492 e. The monoisotopic (exact) mass is 201 g/mol. The lowest BCUT2D eigenvalue weighted by molar-refractivity contribution is 0.297. The van der Waals surface area contributed by atoms with Crippen molar-refractivity contribution in [2.24, 2.45) is 0 Å². The van der Waals surface area contributed by atoms with Gasteiger partial charge in [-0.25, -0.2) is 9.37 Å². The maximum atomic E-state index is 12.6. The first-order valence-electron chi connectivity index (χ1n) is 3.78. The zero-order valence-electron chi connectivity index (χ0n) is 7.18. The molecule has 0 aliphatic heterocycles. The fourth-order valence-electron chi connectivity index (χ4n) is 0.862. The Bertz CT molecular complexity index is 327. The minimum atomic E-state index is -0.474. The molecule has 0 aromatic carbocycles. The molecule has 70 valence electrons. The average molecular weight is 202 g/mol. The first-order chi connectivity index (χ1) is 6.15. The number of ether oxygens (including phenoxy) is 1. The van der Waals surface area contributed by atoms with Crippen LogP contribution in [0.3, 0.4) is 0 Å². The number of halogens is 2. The van der Waals surface area contributed by atoms with Gasteiger partial charge in [-0.05, 0) is 13.0 Å². The van der Waals surface area contributed by atoms with E-state index in [4.69, 9.17) is 16.3 Å². The largest absolute Gasteiger partial charge is 0.492 e. The van der Waals surface area contributed by atoms with Crippen molar-refractivity contribution in [1.29, 1.82) is 0 Å². The van der Waals surface area contributed by atoms with Crippen LogP contribution in [0.25, 0.3) is 5.76 Å². The average Bonchev–Trinajstić information content (AvgIpc) is 2.04. The standard InChI is InChI=1S/C9H9ClFNO/c1-3-13-6(2)9-8(10)4-7(11)5-12-9/h4-5H,2-3H2,1H3. The van der Waals surface area contributed by atoms with Gasteiger partial charge in [-0.1, -0.05) is 18.2 Å². The first-order valence-corrected chi connectivity index (χ1v) is 4.16. The van der Waals surface area contributed by atoms with E-state index in [9.17, 15) is 4.39 Å². The first kappa shape index (κ1) is 9.99. The topological polar surface area (TPSA) is 22.1 Å². The fourth-order valence-corrected chi connectivity index (χ4v) is 1.12. The molecule has 13 heavy (non-hydrogen) atoms. The van der Waals surface area contributed by atoms with Crippen LogP contribution in [0.15, 0.2) is 18.8 Å². The predicted molar refractivity (Wildman–Crippen MR) is 49.9 cm³/mol. The molecule has 0 N–H and O–H groups in total. The number of pyridine rings is 1. The highest BCUT2D eigenvalue weighted by Crippen LogP contribution is 2.21. The maximum Gasteiger partial charge on any atom is 0.143 e. The van der Waals surface area contributed by atoms with Crippen LogP contribution in [-0.2, 0) is 4.74 Å². The van der Waals surface area contributed by atoms with Gasteiger partial charge in [0.1, 0.15) is 17.3 Å². The summed E-state index contributed by atoms with van der Waals surface area (Å²) in [7, 11) is 0. The van der Waals surface area contributed by atoms with Gasteiger partial charge in [-0.3, -0.25) is 0 Å². The molecule has 0 saturated carbocycles. The normalized spacial score (nSPS) is 9.77. The zero-order chi connectivity index (χ0) is 9.84. The van der Waals surface area contributed by atoms with E-state index in [1.165, 1.54) is 6.07 Å². The van der Waals surface area contributed by atoms with Gasteiger partial charge in [0.25, 0.3) is 0 Å². The number of nitrogens with zero attached hydrogens (tertiary/aromatic N) is 1. The predicted octanol–water partition coefficient (Wildman–Crippen LogP) is 2.88. The lowest BCUT2D eigenvalue weighted by atomic mass is 10.3. The summed E-state index contributed by atoms with van der Waals surface area (Å²) in [6, 6.07) is 1.17. The van der Waals surface area contributed by atoms with E-state index in [1.54, 1.807) is 0 Å². The van der Waals surface area contributed by atoms with Crippen LogP contribution in [0.5, 0.6) is 0 Å². The SMILES string of the molecule is C=C(OCC)c1ncc(F)cc1Cl. The number of hydrogen-bond donors (Lipinski definition) is 0. The van der Waals surface area contributed by atoms with Crippen LogP contribution in [0.2, 0.25) is 5.02 Å². The van der Waals surface area contributed by atoms with Gasteiger partial charge in [-0.2, -0.15) is 0 Å². The fraction of sp³-hybridized carbons (Fsp3) is 0.222. The van der Waals surface area contributed by atoms with E-state index in [0.717, 1.165) is 6.20 Å². The Labute approximate surface area is 81.0 Å². The van der Waals surface area contributed by atoms with Gasteiger partial charge in [0.05, 0.1) is 17.8 Å². The maximum absolute atomic E-state index is 12.6. The second-order valence-corrected chi connectivity index (χ2v) is 2.75. The molecule has 1 aromatic heterocycles. The Morgan fingerprint density at radius 3 is 3.00 bits per heavy atom. The van der Waals surface area contributed by atoms with E-state index < -0.39 is 5.82 Å². The third-order valence-corrected chi connectivity index (χ3v) is 1.68. The highest BCUT2D eigenvalue weighted by Gasteiger charge is 2.07. The Balaban J connectivity index is 2.95. The van der Waals surface area contributed by atoms with Crippen LogP contribution in [0, 0.1) is 5.82 Å². The van der Waals surface area contributed by atoms with Crippen molar-refractivity contribution in [2.45, 2.75) is 6.92 Å². The van der Waals surface area contributed by atoms with Crippen molar-refractivity contribution in [1.82, 2.24) is 4.98 Å². The van der Waals surface area contributed by atoms with Gasteiger partial charge in [-0.15, -0.1) is 0 Å². The Morgan fingerprint density at radius 1 is 1.77 bits per heavy atom. The van der Waals surface area contributed by atoms with Crippen LogP contribution in [0.4, 0.5) is 4.39 Å². The molecule has 2 nitrogen and oxygen atoms in total. The quantitative estimate of drug-likeness (QED) is 0.702. The molecular weight excluding hydrogens is 193 g/mol. The molecule has 0 amide bonds. The molecule has 0 bridgehead atoms. The third kappa shape index (κ3) is 2.42. The number of rotatable bonds is 3. The Hall–Kier alpha value is -1.09. The molecule has 0 aliphatic carbocycles. The van der Waals surface area contributed by atoms with Gasteiger partial charge < -0.3 is 4.74 Å². The van der Waals surface area contributed by atoms with Crippen molar-refractivity contribution in [2.75, 3.05) is 6.61 Å². The molecule has 0 unspecified atom stereocenters. The summed E-state index contributed by atoms with van der Waals surface area (Å²) in [5.41, 5.74) is 0.380. The summed E-state index contributed by atoms with van der Waals surface area (Å²) in [4.78, 5) is 3.76. The molecule has 0 fully saturated rings. The summed E-state index contributed by atoms with van der Waals surface area (Å²) in [5, 5.41) is 0.207. The lowest BCUT2D eigenvalue weighted by Gasteiger charge is -2.06. The van der Waals surface area contributed by atoms with Gasteiger partial charge in [0, 0.05) is 0 Å². The summed E-state index contributed by atoms with van der Waals surface area (Å²) >= 11 is 5.72. The van der Waals surface area contributed by atoms with Gasteiger partial charge in [0.15, 0.2) is 0 Å². The molecule has 1 aromatic rings. The second-order valence-electron chi connectivity index (χ2n) is 2.34. The Morgan fingerprint density at radius 2 is 2.46 bits per heavy atom. The number of aromatic nitrogens is 1. The Kier molecular flexibility index (Phi) is 3.25. The zero-order valence-corrected chi connectivity index (χ0v) is 7.94. The molecule has 0 radical (unpaired) electrons. The van der Waals surface area contributed by atoms with Crippen LogP contribution in [0.1, 0.15) is 12.6 Å². The van der Waals surface area contributed by atoms with Crippen LogP contribution < -0.4 is 0 Å². The summed E-state index contributed by atoms with van der Waals surface area (Å²) in [5.74, 6) is -0.120. The van der Waals surface area contributed by atoms with Crippen molar-refractivity contribution in [3.05, 3.63) is 35.4 Å². The molecule has 1 heterocycles. The van der Waals surface area contributed by atoms with Gasteiger partial charge >= 0.3 is 0 Å². The van der Waals surface area contributed by atoms with Crippen LogP contribution in [-0.4, -0.2) is 11.6 Å². The van der Waals surface area contributed by atoms with Crippen molar-refractivity contribution in [3.8, 4) is 0 Å². The molecule has 0 atom stereocenters. The lowest BCUT2D eigenvalue weighted by Crippen LogP contribution is -1.95. The summed E-state index contributed by atoms with van der Waals surface area (Å²) in [6.07, 6.45) is 1.07. The van der Waals surface area contributed by atoms with E-state index in [-0.39, 0.29) is 5.02 Å².